The van der Waals surface area contributed by atoms with E-state index in [0.29, 0.717) is 29.9 Å². The van der Waals surface area contributed by atoms with E-state index < -0.39 is 9.84 Å². The number of nitrogens with one attached hydrogen (secondary N) is 1. The van der Waals surface area contributed by atoms with Gasteiger partial charge in [0, 0.05) is 38.7 Å². The Bertz CT molecular complexity index is 578. The van der Waals surface area contributed by atoms with Gasteiger partial charge in [-0.25, -0.2) is 8.42 Å². The number of sulfone groups is 1. The fraction of sp³-hybridized carbons (Fsp3) is 0.944. The molecule has 0 aliphatic carbocycles. The van der Waals surface area contributed by atoms with Crippen LogP contribution in [0.3, 0.4) is 0 Å². The molecule has 4 unspecified atom stereocenters. The fourth-order valence-corrected chi connectivity index (χ4v) is 5.78. The highest BCUT2D eigenvalue weighted by molar-refractivity contribution is 14.0. The first kappa shape index (κ1) is 22.2. The number of hydrogen-bond donors (Lipinski definition) is 1. The number of likely N-dealkylation sites (tertiary alicyclic amines) is 1. The zero-order chi connectivity index (χ0) is 17.9. The van der Waals surface area contributed by atoms with Crippen molar-refractivity contribution >= 4 is 39.8 Å². The highest BCUT2D eigenvalue weighted by Crippen LogP contribution is 2.23. The predicted molar refractivity (Wildman–Crippen MR) is 116 cm³/mol. The van der Waals surface area contributed by atoms with Crippen molar-refractivity contribution in [2.75, 3.05) is 50.9 Å². The van der Waals surface area contributed by atoms with Gasteiger partial charge in [-0.05, 0) is 37.0 Å². The van der Waals surface area contributed by atoms with Crippen LogP contribution in [0.1, 0.15) is 33.1 Å². The summed E-state index contributed by atoms with van der Waals surface area (Å²) < 4.78 is 28.8. The number of ether oxygens (including phenoxy) is 1. The maximum atomic E-state index is 11.7. The van der Waals surface area contributed by atoms with E-state index in [4.69, 9.17) is 9.73 Å². The third kappa shape index (κ3) is 6.22. The van der Waals surface area contributed by atoms with Gasteiger partial charge in [-0.15, -0.1) is 24.0 Å². The molecule has 0 aromatic rings. The molecule has 3 heterocycles. The van der Waals surface area contributed by atoms with E-state index in [1.807, 2.05) is 0 Å². The molecule has 3 aliphatic heterocycles. The van der Waals surface area contributed by atoms with Gasteiger partial charge in [-0.3, -0.25) is 4.99 Å². The molecule has 0 amide bonds. The highest BCUT2D eigenvalue weighted by atomic mass is 127. The summed E-state index contributed by atoms with van der Waals surface area (Å²) in [5, 5.41) is 3.56. The SMILES string of the molecule is CC1CCN(C(=NCC2CCS(=O)(=O)C2)NCC2CCOC2)CC1C.I. The minimum atomic E-state index is -2.83. The van der Waals surface area contributed by atoms with E-state index in [9.17, 15) is 8.42 Å². The van der Waals surface area contributed by atoms with Gasteiger partial charge in [0.2, 0.25) is 0 Å². The Morgan fingerprint density at radius 3 is 2.62 bits per heavy atom. The molecule has 152 valence electrons. The minimum Gasteiger partial charge on any atom is -0.381 e. The minimum absolute atomic E-state index is 0. The summed E-state index contributed by atoms with van der Waals surface area (Å²) in [6.45, 7) is 9.88. The summed E-state index contributed by atoms with van der Waals surface area (Å²) in [5.74, 6) is 3.73. The summed E-state index contributed by atoms with van der Waals surface area (Å²) >= 11 is 0. The van der Waals surface area contributed by atoms with E-state index >= 15 is 0 Å². The lowest BCUT2D eigenvalue weighted by Crippen LogP contribution is -2.49. The normalized spacial score (nSPS) is 34.5. The standard InChI is InChI=1S/C18H33N3O3S.HI/c1-14-3-6-21(11-15(14)2)18(19-9-16-4-7-24-12-16)20-10-17-5-8-25(22,23)13-17;/h14-17H,3-13H2,1-2H3,(H,19,20);1H. The van der Waals surface area contributed by atoms with Crippen LogP contribution >= 0.6 is 24.0 Å². The molecule has 3 fully saturated rings. The average molecular weight is 499 g/mol. The Morgan fingerprint density at radius 1 is 1.19 bits per heavy atom. The second-order valence-corrected chi connectivity index (χ2v) is 10.5. The topological polar surface area (TPSA) is 71.0 Å². The molecule has 3 rings (SSSR count). The van der Waals surface area contributed by atoms with Gasteiger partial charge >= 0.3 is 0 Å². The zero-order valence-corrected chi connectivity index (χ0v) is 19.2. The summed E-state index contributed by atoms with van der Waals surface area (Å²) in [5.41, 5.74) is 0. The van der Waals surface area contributed by atoms with E-state index in [1.54, 1.807) is 0 Å². The number of halogens is 1. The molecule has 3 aliphatic rings. The second kappa shape index (κ2) is 9.91. The van der Waals surface area contributed by atoms with Crippen molar-refractivity contribution in [3.05, 3.63) is 0 Å². The molecular weight excluding hydrogens is 465 g/mol. The van der Waals surface area contributed by atoms with Crippen molar-refractivity contribution in [2.45, 2.75) is 33.1 Å². The van der Waals surface area contributed by atoms with Gasteiger partial charge in [0.1, 0.15) is 0 Å². The molecule has 0 bridgehead atoms. The zero-order valence-electron chi connectivity index (χ0n) is 16.0. The van der Waals surface area contributed by atoms with Gasteiger partial charge in [0.15, 0.2) is 15.8 Å². The number of piperidine rings is 1. The van der Waals surface area contributed by atoms with Crippen LogP contribution in [0.5, 0.6) is 0 Å². The van der Waals surface area contributed by atoms with Gasteiger partial charge in [-0.1, -0.05) is 13.8 Å². The van der Waals surface area contributed by atoms with Crippen molar-refractivity contribution in [3.63, 3.8) is 0 Å². The van der Waals surface area contributed by atoms with Crippen molar-refractivity contribution in [2.24, 2.45) is 28.7 Å². The van der Waals surface area contributed by atoms with Crippen molar-refractivity contribution < 1.29 is 13.2 Å². The van der Waals surface area contributed by atoms with Crippen LogP contribution in [-0.2, 0) is 14.6 Å². The maximum absolute atomic E-state index is 11.7. The van der Waals surface area contributed by atoms with Crippen molar-refractivity contribution in [1.29, 1.82) is 0 Å². The largest absolute Gasteiger partial charge is 0.381 e. The number of rotatable bonds is 4. The van der Waals surface area contributed by atoms with Gasteiger partial charge < -0.3 is 15.0 Å². The first-order valence-corrected chi connectivity index (χ1v) is 11.6. The van der Waals surface area contributed by atoms with Crippen LogP contribution in [0, 0.1) is 23.7 Å². The number of guanidine groups is 1. The Balaban J connectivity index is 0.00000243. The smallest absolute Gasteiger partial charge is 0.193 e. The molecule has 0 saturated carbocycles. The van der Waals surface area contributed by atoms with E-state index in [1.165, 1.54) is 6.42 Å². The molecular formula is C18H34IN3O3S. The number of aliphatic imine (C=N–C) groups is 1. The first-order valence-electron chi connectivity index (χ1n) is 9.74. The van der Waals surface area contributed by atoms with Crippen molar-refractivity contribution in [1.82, 2.24) is 10.2 Å². The fourth-order valence-electron chi connectivity index (χ4n) is 3.93. The van der Waals surface area contributed by atoms with E-state index in [2.05, 4.69) is 24.1 Å². The molecule has 4 atom stereocenters. The maximum Gasteiger partial charge on any atom is 0.193 e. The van der Waals surface area contributed by atoms with Crippen LogP contribution < -0.4 is 5.32 Å². The van der Waals surface area contributed by atoms with Gasteiger partial charge in [-0.2, -0.15) is 0 Å². The lowest BCUT2D eigenvalue weighted by atomic mass is 9.89. The monoisotopic (exact) mass is 499 g/mol. The Kier molecular flexibility index (Phi) is 8.46. The molecule has 26 heavy (non-hydrogen) atoms. The molecule has 0 spiro atoms. The van der Waals surface area contributed by atoms with Crippen LogP contribution in [0.25, 0.3) is 0 Å². The quantitative estimate of drug-likeness (QED) is 0.364. The summed E-state index contributed by atoms with van der Waals surface area (Å²) in [4.78, 5) is 7.21. The first-order chi connectivity index (χ1) is 11.9. The van der Waals surface area contributed by atoms with Crippen LogP contribution in [0.4, 0.5) is 0 Å². The van der Waals surface area contributed by atoms with E-state index in [-0.39, 0.29) is 29.9 Å². The summed E-state index contributed by atoms with van der Waals surface area (Å²) in [7, 11) is -2.83. The second-order valence-electron chi connectivity index (χ2n) is 8.23. The molecule has 3 saturated heterocycles. The number of nitrogens with zero attached hydrogens (tertiary/aromatic N) is 2. The van der Waals surface area contributed by atoms with Gasteiger partial charge in [0.05, 0.1) is 18.1 Å². The highest BCUT2D eigenvalue weighted by Gasteiger charge is 2.29. The van der Waals surface area contributed by atoms with Crippen molar-refractivity contribution in [3.8, 4) is 0 Å². The van der Waals surface area contributed by atoms with Gasteiger partial charge in [0.25, 0.3) is 0 Å². The molecule has 6 nitrogen and oxygen atoms in total. The lowest BCUT2D eigenvalue weighted by molar-refractivity contribution is 0.184. The lowest BCUT2D eigenvalue weighted by Gasteiger charge is -2.37. The summed E-state index contributed by atoms with van der Waals surface area (Å²) in [6.07, 6.45) is 3.05. The van der Waals surface area contributed by atoms with Crippen LogP contribution in [0.2, 0.25) is 0 Å². The number of hydrogen-bond acceptors (Lipinski definition) is 4. The summed E-state index contributed by atoms with van der Waals surface area (Å²) in [6, 6.07) is 0. The molecule has 8 heteroatoms. The molecule has 0 aromatic heterocycles. The Labute approximate surface area is 175 Å². The average Bonchev–Trinajstić information content (AvgIpc) is 3.20. The molecule has 1 N–H and O–H groups in total. The Hall–Kier alpha value is -0.0900. The third-order valence-corrected chi connectivity index (χ3v) is 7.87. The van der Waals surface area contributed by atoms with E-state index in [0.717, 1.165) is 57.6 Å². The third-order valence-electron chi connectivity index (χ3n) is 6.03. The van der Waals surface area contributed by atoms with Crippen LogP contribution in [-0.4, -0.2) is 70.2 Å². The predicted octanol–water partition coefficient (Wildman–Crippen LogP) is 2.00. The molecule has 0 aromatic carbocycles. The molecule has 0 radical (unpaired) electrons. The van der Waals surface area contributed by atoms with Crippen LogP contribution in [0.15, 0.2) is 4.99 Å². The Morgan fingerprint density at radius 2 is 2.00 bits per heavy atom.